The van der Waals surface area contributed by atoms with Crippen molar-refractivity contribution in [2.24, 2.45) is 13.0 Å². The number of ether oxygens (including phenoxy) is 1. The molecule has 0 aliphatic carbocycles. The lowest BCUT2D eigenvalue weighted by atomic mass is 9.99. The zero-order chi connectivity index (χ0) is 16.4. The first-order valence-electron chi connectivity index (χ1n) is 8.49. The van der Waals surface area contributed by atoms with Crippen LogP contribution >= 0.6 is 0 Å². The lowest BCUT2D eigenvalue weighted by Gasteiger charge is -2.22. The second kappa shape index (κ2) is 6.79. The van der Waals surface area contributed by atoms with Crippen molar-refractivity contribution < 1.29 is 9.15 Å². The molecule has 1 atom stereocenters. The molecule has 5 heteroatoms. The highest BCUT2D eigenvalue weighted by Crippen LogP contribution is 2.21. The van der Waals surface area contributed by atoms with Crippen LogP contribution in [0.2, 0.25) is 0 Å². The standard InChI is InChI=1S/C19H23N3O2/c1-21-11-18(20-14-21)12-22-5-7-23-13-16(10-22)8-15-2-3-17-4-6-24-19(17)9-15/h2-4,6,9,11,14,16H,5,7-8,10,12-13H2,1H3/t16-/m1/s1. The molecule has 2 aromatic heterocycles. The summed E-state index contributed by atoms with van der Waals surface area (Å²) < 4.78 is 13.4. The largest absolute Gasteiger partial charge is 0.464 e. The third kappa shape index (κ3) is 3.52. The molecule has 0 unspecified atom stereocenters. The van der Waals surface area contributed by atoms with Crippen molar-refractivity contribution in [2.75, 3.05) is 26.3 Å². The van der Waals surface area contributed by atoms with Gasteiger partial charge in [-0.25, -0.2) is 4.98 Å². The summed E-state index contributed by atoms with van der Waals surface area (Å²) in [6.07, 6.45) is 6.71. The zero-order valence-electron chi connectivity index (χ0n) is 14.0. The fourth-order valence-electron chi connectivity index (χ4n) is 3.46. The van der Waals surface area contributed by atoms with Gasteiger partial charge in [-0.15, -0.1) is 0 Å². The molecule has 5 nitrogen and oxygen atoms in total. The third-order valence-corrected chi connectivity index (χ3v) is 4.61. The van der Waals surface area contributed by atoms with Gasteiger partial charge in [-0.2, -0.15) is 0 Å². The number of aryl methyl sites for hydroxylation is 1. The first-order valence-corrected chi connectivity index (χ1v) is 8.49. The Bertz CT molecular complexity index is 808. The molecular weight excluding hydrogens is 302 g/mol. The number of nitrogens with zero attached hydrogens (tertiary/aromatic N) is 3. The van der Waals surface area contributed by atoms with Gasteiger partial charge in [-0.3, -0.25) is 4.90 Å². The minimum Gasteiger partial charge on any atom is -0.464 e. The second-order valence-corrected chi connectivity index (χ2v) is 6.70. The Morgan fingerprint density at radius 3 is 3.12 bits per heavy atom. The van der Waals surface area contributed by atoms with Gasteiger partial charge in [0.2, 0.25) is 0 Å². The van der Waals surface area contributed by atoms with Crippen molar-refractivity contribution in [2.45, 2.75) is 13.0 Å². The number of hydrogen-bond donors (Lipinski definition) is 0. The first kappa shape index (κ1) is 15.4. The molecule has 24 heavy (non-hydrogen) atoms. The number of imidazole rings is 1. The van der Waals surface area contributed by atoms with Crippen LogP contribution in [0.15, 0.2) is 47.5 Å². The highest BCUT2D eigenvalue weighted by atomic mass is 16.5. The predicted molar refractivity (Wildman–Crippen MR) is 92.7 cm³/mol. The molecule has 0 bridgehead atoms. The first-order chi connectivity index (χ1) is 11.8. The van der Waals surface area contributed by atoms with Gasteiger partial charge in [0.05, 0.1) is 31.5 Å². The topological polar surface area (TPSA) is 43.4 Å². The highest BCUT2D eigenvalue weighted by Gasteiger charge is 2.20. The SMILES string of the molecule is Cn1cnc(CN2CCOC[C@H](Cc3ccc4ccoc4c3)C2)c1. The normalized spacial score (nSPS) is 19.6. The molecule has 0 N–H and O–H groups in total. The number of fused-ring (bicyclic) bond motifs is 1. The van der Waals surface area contributed by atoms with Crippen molar-refractivity contribution in [1.29, 1.82) is 0 Å². The Balaban J connectivity index is 1.43. The molecule has 1 aliphatic rings. The summed E-state index contributed by atoms with van der Waals surface area (Å²) in [5.41, 5.74) is 3.40. The minimum absolute atomic E-state index is 0.489. The number of benzene rings is 1. The van der Waals surface area contributed by atoms with Gasteiger partial charge < -0.3 is 13.7 Å². The second-order valence-electron chi connectivity index (χ2n) is 6.70. The highest BCUT2D eigenvalue weighted by molar-refractivity contribution is 5.77. The van der Waals surface area contributed by atoms with Crippen LogP contribution in [0.25, 0.3) is 11.0 Å². The lowest BCUT2D eigenvalue weighted by Crippen LogP contribution is -2.30. The Hall–Kier alpha value is -2.11. The monoisotopic (exact) mass is 325 g/mol. The van der Waals surface area contributed by atoms with Gasteiger partial charge in [0, 0.05) is 38.3 Å². The average molecular weight is 325 g/mol. The molecule has 0 saturated carbocycles. The Morgan fingerprint density at radius 2 is 2.25 bits per heavy atom. The van der Waals surface area contributed by atoms with Gasteiger partial charge in [0.15, 0.2) is 0 Å². The maximum atomic E-state index is 5.83. The van der Waals surface area contributed by atoms with Gasteiger partial charge in [-0.1, -0.05) is 12.1 Å². The van der Waals surface area contributed by atoms with Crippen LogP contribution in [0.5, 0.6) is 0 Å². The van der Waals surface area contributed by atoms with E-state index in [9.17, 15) is 0 Å². The summed E-state index contributed by atoms with van der Waals surface area (Å²) >= 11 is 0. The molecule has 1 fully saturated rings. The maximum absolute atomic E-state index is 5.83. The van der Waals surface area contributed by atoms with E-state index in [1.54, 1.807) is 6.26 Å². The van der Waals surface area contributed by atoms with Crippen LogP contribution in [-0.2, 0) is 24.8 Å². The van der Waals surface area contributed by atoms with E-state index in [0.717, 1.165) is 55.9 Å². The molecule has 0 radical (unpaired) electrons. The van der Waals surface area contributed by atoms with Crippen molar-refractivity contribution in [1.82, 2.24) is 14.5 Å². The molecule has 1 saturated heterocycles. The van der Waals surface area contributed by atoms with E-state index in [1.807, 2.05) is 24.0 Å². The number of furan rings is 1. The van der Waals surface area contributed by atoms with E-state index < -0.39 is 0 Å². The summed E-state index contributed by atoms with van der Waals surface area (Å²) in [6, 6.07) is 8.50. The van der Waals surface area contributed by atoms with Crippen LogP contribution in [0.3, 0.4) is 0 Å². The molecule has 3 heterocycles. The average Bonchev–Trinajstić information content (AvgIpc) is 3.13. The van der Waals surface area contributed by atoms with Crippen LogP contribution in [0, 0.1) is 5.92 Å². The summed E-state index contributed by atoms with van der Waals surface area (Å²) in [7, 11) is 2.01. The van der Waals surface area contributed by atoms with E-state index in [4.69, 9.17) is 9.15 Å². The number of rotatable bonds is 4. The lowest BCUT2D eigenvalue weighted by molar-refractivity contribution is 0.121. The third-order valence-electron chi connectivity index (χ3n) is 4.61. The predicted octanol–water partition coefficient (Wildman–Crippen LogP) is 2.86. The van der Waals surface area contributed by atoms with Crippen LogP contribution in [0.1, 0.15) is 11.3 Å². The number of hydrogen-bond acceptors (Lipinski definition) is 4. The van der Waals surface area contributed by atoms with E-state index in [-0.39, 0.29) is 0 Å². The van der Waals surface area contributed by atoms with Crippen molar-refractivity contribution in [3.8, 4) is 0 Å². The molecule has 1 aromatic carbocycles. The van der Waals surface area contributed by atoms with Crippen molar-refractivity contribution in [3.05, 3.63) is 54.3 Å². The molecule has 0 spiro atoms. The molecule has 126 valence electrons. The minimum atomic E-state index is 0.489. The van der Waals surface area contributed by atoms with Crippen LogP contribution in [-0.4, -0.2) is 40.8 Å². The quantitative estimate of drug-likeness (QED) is 0.740. The van der Waals surface area contributed by atoms with Gasteiger partial charge >= 0.3 is 0 Å². The Morgan fingerprint density at radius 1 is 1.29 bits per heavy atom. The Labute approximate surface area is 141 Å². The van der Waals surface area contributed by atoms with Crippen LogP contribution in [0.4, 0.5) is 0 Å². The zero-order valence-corrected chi connectivity index (χ0v) is 14.0. The van der Waals surface area contributed by atoms with Gasteiger partial charge in [0.25, 0.3) is 0 Å². The summed E-state index contributed by atoms with van der Waals surface area (Å²) in [5.74, 6) is 0.489. The molecular formula is C19H23N3O2. The van der Waals surface area contributed by atoms with E-state index in [2.05, 4.69) is 34.3 Å². The van der Waals surface area contributed by atoms with E-state index >= 15 is 0 Å². The van der Waals surface area contributed by atoms with E-state index in [0.29, 0.717) is 5.92 Å². The van der Waals surface area contributed by atoms with Gasteiger partial charge in [-0.05, 0) is 30.0 Å². The molecule has 3 aromatic rings. The van der Waals surface area contributed by atoms with Crippen molar-refractivity contribution in [3.63, 3.8) is 0 Å². The Kier molecular flexibility index (Phi) is 4.36. The van der Waals surface area contributed by atoms with Crippen molar-refractivity contribution >= 4 is 11.0 Å². The summed E-state index contributed by atoms with van der Waals surface area (Å²) in [6.45, 7) is 4.49. The van der Waals surface area contributed by atoms with Crippen LogP contribution < -0.4 is 0 Å². The smallest absolute Gasteiger partial charge is 0.134 e. The number of aromatic nitrogens is 2. The fraction of sp³-hybridized carbons (Fsp3) is 0.421. The fourth-order valence-corrected chi connectivity index (χ4v) is 3.46. The van der Waals surface area contributed by atoms with E-state index in [1.165, 1.54) is 5.56 Å². The summed E-state index contributed by atoms with van der Waals surface area (Å²) in [5, 5.41) is 1.16. The maximum Gasteiger partial charge on any atom is 0.134 e. The molecule has 0 amide bonds. The molecule has 1 aliphatic heterocycles. The summed E-state index contributed by atoms with van der Waals surface area (Å²) in [4.78, 5) is 6.90. The van der Waals surface area contributed by atoms with Gasteiger partial charge in [0.1, 0.15) is 5.58 Å². The molecule has 4 rings (SSSR count).